The van der Waals surface area contributed by atoms with Crippen molar-refractivity contribution in [2.45, 2.75) is 56.5 Å². The van der Waals surface area contributed by atoms with Gasteiger partial charge in [-0.3, -0.25) is 4.79 Å². The summed E-state index contributed by atoms with van der Waals surface area (Å²) in [6, 6.07) is 0.0940. The van der Waals surface area contributed by atoms with Crippen LogP contribution in [0.15, 0.2) is 0 Å². The molecule has 0 aromatic carbocycles. The number of amides is 1. The Kier molecular flexibility index (Phi) is 2.33. The van der Waals surface area contributed by atoms with E-state index in [1.807, 2.05) is 7.05 Å². The summed E-state index contributed by atoms with van der Waals surface area (Å²) in [5.74, 6) is 2.98. The fourth-order valence-electron chi connectivity index (χ4n) is 4.95. The number of carbonyl (C=O) groups is 1. The van der Waals surface area contributed by atoms with E-state index in [0.717, 1.165) is 30.7 Å². The summed E-state index contributed by atoms with van der Waals surface area (Å²) in [4.78, 5) is 15.1. The van der Waals surface area contributed by atoms with Gasteiger partial charge in [0.05, 0.1) is 6.04 Å². The third-order valence-corrected chi connectivity index (χ3v) is 6.21. The van der Waals surface area contributed by atoms with Gasteiger partial charge in [-0.2, -0.15) is 0 Å². The molecule has 0 radical (unpaired) electrons. The summed E-state index contributed by atoms with van der Waals surface area (Å²) in [5, 5.41) is 3.27. The van der Waals surface area contributed by atoms with Gasteiger partial charge in [0.1, 0.15) is 0 Å². The summed E-state index contributed by atoms with van der Waals surface area (Å²) in [5.41, 5.74) is 0.272. The monoisotopic (exact) mass is 248 g/mol. The van der Waals surface area contributed by atoms with Gasteiger partial charge in [-0.25, -0.2) is 0 Å². The zero-order chi connectivity index (χ0) is 12.3. The van der Waals surface area contributed by atoms with Crippen molar-refractivity contribution in [2.24, 2.45) is 17.8 Å². The first-order chi connectivity index (χ1) is 8.72. The molecule has 4 aliphatic rings. The Balaban J connectivity index is 1.63. The van der Waals surface area contributed by atoms with Gasteiger partial charge >= 0.3 is 0 Å². The number of carbonyl (C=O) groups excluding carboxylic acids is 1. The first-order valence-corrected chi connectivity index (χ1v) is 7.70. The van der Waals surface area contributed by atoms with E-state index in [1.54, 1.807) is 0 Å². The van der Waals surface area contributed by atoms with Gasteiger partial charge in [0, 0.05) is 12.1 Å². The number of fused-ring (bicyclic) bond motifs is 3. The molecule has 4 fully saturated rings. The number of likely N-dealkylation sites (tertiary alicyclic amines) is 1. The minimum absolute atomic E-state index is 0.0940. The third-order valence-electron chi connectivity index (χ3n) is 6.21. The van der Waals surface area contributed by atoms with Gasteiger partial charge in [-0.05, 0) is 69.7 Å². The lowest BCUT2D eigenvalue weighted by Gasteiger charge is -2.41. The molecule has 18 heavy (non-hydrogen) atoms. The van der Waals surface area contributed by atoms with Crippen LogP contribution >= 0.6 is 0 Å². The van der Waals surface area contributed by atoms with Crippen LogP contribution in [0.1, 0.15) is 44.9 Å². The fourth-order valence-corrected chi connectivity index (χ4v) is 4.95. The maximum Gasteiger partial charge on any atom is 0.240 e. The molecule has 1 aliphatic heterocycles. The number of hydrogen-bond donors (Lipinski definition) is 1. The van der Waals surface area contributed by atoms with Gasteiger partial charge in [0.2, 0.25) is 5.91 Å². The van der Waals surface area contributed by atoms with Crippen molar-refractivity contribution in [2.75, 3.05) is 13.6 Å². The normalized spacial score (nSPS) is 50.3. The zero-order valence-corrected chi connectivity index (χ0v) is 11.3. The molecule has 3 nitrogen and oxygen atoms in total. The van der Waals surface area contributed by atoms with E-state index in [0.29, 0.717) is 5.91 Å². The molecule has 4 rings (SSSR count). The lowest BCUT2D eigenvalue weighted by Crippen LogP contribution is -2.55. The topological polar surface area (TPSA) is 32.3 Å². The second-order valence-electron chi connectivity index (χ2n) is 7.15. The highest BCUT2D eigenvalue weighted by atomic mass is 16.2. The molecule has 1 N–H and O–H groups in total. The second kappa shape index (κ2) is 3.72. The van der Waals surface area contributed by atoms with E-state index in [4.69, 9.17) is 0 Å². The van der Waals surface area contributed by atoms with Crippen LogP contribution in [0.3, 0.4) is 0 Å². The number of rotatable bonds is 2. The van der Waals surface area contributed by atoms with Crippen LogP contribution in [0.25, 0.3) is 0 Å². The maximum absolute atomic E-state index is 12.8. The van der Waals surface area contributed by atoms with Gasteiger partial charge in [0.15, 0.2) is 0 Å². The van der Waals surface area contributed by atoms with Crippen LogP contribution in [0.4, 0.5) is 0 Å². The first-order valence-electron chi connectivity index (χ1n) is 7.70. The molecule has 3 heteroatoms. The molecule has 2 bridgehead atoms. The molecule has 1 heterocycles. The van der Waals surface area contributed by atoms with Gasteiger partial charge in [-0.1, -0.05) is 0 Å². The van der Waals surface area contributed by atoms with E-state index in [-0.39, 0.29) is 11.6 Å². The van der Waals surface area contributed by atoms with E-state index in [9.17, 15) is 4.79 Å². The molecule has 0 aromatic rings. The van der Waals surface area contributed by atoms with Crippen LogP contribution in [-0.4, -0.2) is 36.0 Å². The average Bonchev–Trinajstić information content (AvgIpc) is 2.83. The Morgan fingerprint density at radius 3 is 2.61 bits per heavy atom. The summed E-state index contributed by atoms with van der Waals surface area (Å²) in [7, 11) is 1.95. The van der Waals surface area contributed by atoms with Crippen molar-refractivity contribution >= 4 is 5.91 Å². The first kappa shape index (κ1) is 11.3. The van der Waals surface area contributed by atoms with Crippen LogP contribution in [0, 0.1) is 17.8 Å². The molecule has 0 spiro atoms. The Hall–Kier alpha value is -0.570. The van der Waals surface area contributed by atoms with Crippen LogP contribution in [-0.2, 0) is 4.79 Å². The molecule has 3 atom stereocenters. The maximum atomic E-state index is 12.8. The molecule has 1 amide bonds. The van der Waals surface area contributed by atoms with E-state index in [1.165, 1.54) is 38.5 Å². The summed E-state index contributed by atoms with van der Waals surface area (Å²) >= 11 is 0. The molecule has 1 saturated heterocycles. The SMILES string of the molecule is CNC1CC2CC2CN(C23CCC(CC2)C3)C1=O. The minimum atomic E-state index is 0.0940. The quantitative estimate of drug-likeness (QED) is 0.808. The average molecular weight is 248 g/mol. The molecule has 3 saturated carbocycles. The number of nitrogens with one attached hydrogen (secondary N) is 1. The Labute approximate surface area is 109 Å². The lowest BCUT2D eigenvalue weighted by atomic mass is 9.91. The van der Waals surface area contributed by atoms with E-state index in [2.05, 4.69) is 10.2 Å². The van der Waals surface area contributed by atoms with Crippen molar-refractivity contribution in [3.05, 3.63) is 0 Å². The Morgan fingerprint density at radius 1 is 1.22 bits per heavy atom. The molecule has 100 valence electrons. The van der Waals surface area contributed by atoms with Crippen LogP contribution < -0.4 is 5.32 Å². The van der Waals surface area contributed by atoms with Crippen molar-refractivity contribution in [3.8, 4) is 0 Å². The second-order valence-corrected chi connectivity index (χ2v) is 7.15. The highest BCUT2D eigenvalue weighted by Gasteiger charge is 2.55. The van der Waals surface area contributed by atoms with Crippen molar-refractivity contribution in [1.29, 1.82) is 0 Å². The predicted octanol–water partition coefficient (Wildman–Crippen LogP) is 1.78. The van der Waals surface area contributed by atoms with Crippen molar-refractivity contribution < 1.29 is 4.79 Å². The molecule has 3 aliphatic carbocycles. The van der Waals surface area contributed by atoms with Crippen LogP contribution in [0.2, 0.25) is 0 Å². The van der Waals surface area contributed by atoms with E-state index < -0.39 is 0 Å². The molecule has 0 aromatic heterocycles. The van der Waals surface area contributed by atoms with Gasteiger partial charge < -0.3 is 10.2 Å². The Bertz CT molecular complexity index is 373. The van der Waals surface area contributed by atoms with Gasteiger partial charge in [0.25, 0.3) is 0 Å². The standard InChI is InChI=1S/C15H24N2O/c1-16-13-7-11-6-12(11)9-17(14(13)18)15-4-2-10(8-15)3-5-15/h10-13,16H,2-9H2,1H3. The summed E-state index contributed by atoms with van der Waals surface area (Å²) in [6.07, 6.45) is 9.02. The fraction of sp³-hybridized carbons (Fsp3) is 0.933. The number of nitrogens with zero attached hydrogens (tertiary/aromatic N) is 1. The summed E-state index contributed by atoms with van der Waals surface area (Å²) in [6.45, 7) is 1.06. The zero-order valence-electron chi connectivity index (χ0n) is 11.3. The highest BCUT2D eigenvalue weighted by molar-refractivity contribution is 5.83. The predicted molar refractivity (Wildman–Crippen MR) is 70.1 cm³/mol. The lowest BCUT2D eigenvalue weighted by molar-refractivity contribution is -0.139. The molecular formula is C15H24N2O. The third kappa shape index (κ3) is 1.49. The van der Waals surface area contributed by atoms with Crippen molar-refractivity contribution in [1.82, 2.24) is 10.2 Å². The summed E-state index contributed by atoms with van der Waals surface area (Å²) < 4.78 is 0. The smallest absolute Gasteiger partial charge is 0.240 e. The van der Waals surface area contributed by atoms with Gasteiger partial charge in [-0.15, -0.1) is 0 Å². The largest absolute Gasteiger partial charge is 0.335 e. The van der Waals surface area contributed by atoms with Crippen molar-refractivity contribution in [3.63, 3.8) is 0 Å². The minimum Gasteiger partial charge on any atom is -0.335 e. The van der Waals surface area contributed by atoms with Crippen LogP contribution in [0.5, 0.6) is 0 Å². The highest BCUT2D eigenvalue weighted by Crippen LogP contribution is 2.54. The molecular weight excluding hydrogens is 224 g/mol. The Morgan fingerprint density at radius 2 is 2.00 bits per heavy atom. The number of likely N-dealkylation sites (N-methyl/N-ethyl adjacent to an activating group) is 1. The van der Waals surface area contributed by atoms with E-state index >= 15 is 0 Å². The number of hydrogen-bond acceptors (Lipinski definition) is 2. The molecule has 3 unspecified atom stereocenters.